The molecule has 3 heterocycles. The summed E-state index contributed by atoms with van der Waals surface area (Å²) in [6.45, 7) is 1.68. The number of thioether (sulfide) groups is 1. The standard InChI is InChI=1S/C36H30F3N3O6S2/c1-16-7-10-18(11-8-16)40-25(43)15-48-23-12-9-17(13-24(23)47-2)26-27-19-14-20(30(27)49-32-31(26)50-35(46)41-32)29-28(19)33(44)42(34(29)45)22-6-4-3-5-21(22)36(37,38)39/h3-13,19-20,26-30H,14-15H2,1-2H3,(H,40,43)(H,41,46)/t19-,20-,26+,27-,28+,29+,30-/m1/s1. The monoisotopic (exact) mass is 721 g/mol. The van der Waals surface area contributed by atoms with Gasteiger partial charge >= 0.3 is 11.0 Å². The van der Waals surface area contributed by atoms with E-state index in [2.05, 4.69) is 10.3 Å². The van der Waals surface area contributed by atoms with E-state index in [1.165, 1.54) is 37.1 Å². The molecule has 14 heteroatoms. The highest BCUT2D eigenvalue weighted by molar-refractivity contribution is 8.00. The zero-order valence-corrected chi connectivity index (χ0v) is 28.3. The van der Waals surface area contributed by atoms with Crippen molar-refractivity contribution in [1.29, 1.82) is 0 Å². The first-order valence-corrected chi connectivity index (χ1v) is 17.7. The number of ether oxygens (including phenoxy) is 2. The number of carbonyl (C=O) groups is 3. The van der Waals surface area contributed by atoms with Gasteiger partial charge in [0, 0.05) is 21.7 Å². The number of methoxy groups -OCH3 is 1. The highest BCUT2D eigenvalue weighted by Gasteiger charge is 2.70. The summed E-state index contributed by atoms with van der Waals surface area (Å²) in [5, 5.41) is 3.33. The minimum Gasteiger partial charge on any atom is -0.493 e. The van der Waals surface area contributed by atoms with E-state index in [-0.39, 0.29) is 46.3 Å². The van der Waals surface area contributed by atoms with E-state index >= 15 is 0 Å². The minimum absolute atomic E-state index is 0.161. The van der Waals surface area contributed by atoms with Crippen molar-refractivity contribution in [3.8, 4) is 11.5 Å². The number of fused-ring (bicyclic) bond motifs is 9. The SMILES string of the molecule is COc1cc([C@@H]2c3sc(=O)[nH]c3S[C@@H]3[C@@H]4C[C@@H]([C@@H]5C(=O)N(c6ccccc6C(F)(F)F)C(=O)[C@@H]45)[C@H]23)ccc1OCC(=O)Nc1ccc(C)cc1. The highest BCUT2D eigenvalue weighted by Crippen LogP contribution is 2.69. The van der Waals surface area contributed by atoms with Crippen LogP contribution in [0.25, 0.3) is 0 Å². The van der Waals surface area contributed by atoms with Gasteiger partial charge in [0.25, 0.3) is 5.91 Å². The largest absolute Gasteiger partial charge is 0.493 e. The maximum Gasteiger partial charge on any atom is 0.418 e. The minimum atomic E-state index is -4.75. The first-order valence-electron chi connectivity index (χ1n) is 16.1. The zero-order chi connectivity index (χ0) is 35.1. The molecule has 2 saturated carbocycles. The molecule has 0 spiro atoms. The molecule has 50 heavy (non-hydrogen) atoms. The molecule has 0 radical (unpaired) electrons. The normalized spacial score (nSPS) is 26.4. The summed E-state index contributed by atoms with van der Waals surface area (Å²) >= 11 is 2.57. The molecular formula is C36H30F3N3O6S2. The highest BCUT2D eigenvalue weighted by atomic mass is 32.2. The summed E-state index contributed by atoms with van der Waals surface area (Å²) in [5.41, 5.74) is 1.03. The first-order chi connectivity index (χ1) is 23.9. The Hall–Kier alpha value is -4.56. The van der Waals surface area contributed by atoms with Crippen LogP contribution in [0.2, 0.25) is 0 Å². The van der Waals surface area contributed by atoms with Crippen LogP contribution in [0, 0.1) is 36.5 Å². The second-order valence-electron chi connectivity index (χ2n) is 13.1. The Kier molecular flexibility index (Phi) is 7.86. The number of aromatic nitrogens is 1. The number of H-pyrrole nitrogens is 1. The number of carbonyl (C=O) groups excluding carboxylic acids is 3. The second-order valence-corrected chi connectivity index (χ2v) is 15.3. The van der Waals surface area contributed by atoms with E-state index in [1.807, 2.05) is 25.1 Å². The van der Waals surface area contributed by atoms with Crippen molar-refractivity contribution in [3.63, 3.8) is 0 Å². The number of nitrogens with zero attached hydrogens (tertiary/aromatic N) is 1. The number of thiazole rings is 1. The van der Waals surface area contributed by atoms with Crippen LogP contribution in [0.1, 0.15) is 33.9 Å². The fourth-order valence-electron chi connectivity index (χ4n) is 8.51. The topological polar surface area (TPSA) is 118 Å². The van der Waals surface area contributed by atoms with Gasteiger partial charge in [-0.3, -0.25) is 19.2 Å². The summed E-state index contributed by atoms with van der Waals surface area (Å²) in [6, 6.07) is 17.4. The van der Waals surface area contributed by atoms with Gasteiger partial charge < -0.3 is 19.8 Å². The molecule has 1 aromatic heterocycles. The second kappa shape index (κ2) is 12.0. The molecule has 258 valence electrons. The predicted molar refractivity (Wildman–Crippen MR) is 181 cm³/mol. The Bertz CT molecular complexity index is 2100. The number of halogens is 3. The molecule has 8 rings (SSSR count). The lowest BCUT2D eigenvalue weighted by Gasteiger charge is -2.43. The van der Waals surface area contributed by atoms with E-state index < -0.39 is 41.1 Å². The third kappa shape index (κ3) is 5.22. The summed E-state index contributed by atoms with van der Waals surface area (Å²) in [5.74, 6) is -3.48. The zero-order valence-electron chi connectivity index (χ0n) is 26.7. The molecule has 4 aromatic rings. The van der Waals surface area contributed by atoms with Gasteiger partial charge in [-0.25, -0.2) is 4.90 Å². The van der Waals surface area contributed by atoms with Gasteiger partial charge in [-0.1, -0.05) is 47.2 Å². The average Bonchev–Trinajstić information content (AvgIpc) is 3.83. The van der Waals surface area contributed by atoms with E-state index in [4.69, 9.17) is 9.47 Å². The van der Waals surface area contributed by atoms with Gasteiger partial charge in [-0.2, -0.15) is 13.2 Å². The number of aryl methyl sites for hydroxylation is 1. The fourth-order valence-corrected chi connectivity index (χ4v) is 11.4. The number of aromatic amines is 1. The third-order valence-corrected chi connectivity index (χ3v) is 13.0. The predicted octanol–water partition coefficient (Wildman–Crippen LogP) is 6.47. The van der Waals surface area contributed by atoms with Crippen LogP contribution in [-0.2, 0) is 20.6 Å². The molecule has 3 fully saturated rings. The van der Waals surface area contributed by atoms with Crippen molar-refractivity contribution in [3.05, 3.63) is 98.0 Å². The molecule has 0 unspecified atom stereocenters. The third-order valence-electron chi connectivity index (χ3n) is 10.4. The van der Waals surface area contributed by atoms with Crippen LogP contribution >= 0.6 is 23.1 Å². The maximum atomic E-state index is 14.0. The Labute approximate surface area is 292 Å². The molecule has 2 aliphatic heterocycles. The van der Waals surface area contributed by atoms with E-state index in [1.54, 1.807) is 24.3 Å². The van der Waals surface area contributed by atoms with Crippen molar-refractivity contribution in [1.82, 2.24) is 4.98 Å². The van der Waals surface area contributed by atoms with Crippen molar-refractivity contribution < 1.29 is 37.0 Å². The molecular weight excluding hydrogens is 692 g/mol. The van der Waals surface area contributed by atoms with Gasteiger partial charge in [0.15, 0.2) is 18.1 Å². The molecule has 4 aliphatic rings. The van der Waals surface area contributed by atoms with Crippen molar-refractivity contribution in [2.24, 2.45) is 29.6 Å². The van der Waals surface area contributed by atoms with E-state index in [9.17, 15) is 32.3 Å². The number of para-hydroxylation sites is 1. The number of amides is 3. The van der Waals surface area contributed by atoms with Crippen molar-refractivity contribution >= 4 is 52.2 Å². The molecule has 3 amide bonds. The number of rotatable bonds is 7. The lowest BCUT2D eigenvalue weighted by molar-refractivity contribution is -0.137. The smallest absolute Gasteiger partial charge is 0.418 e. The number of nitrogens with one attached hydrogen (secondary N) is 2. The van der Waals surface area contributed by atoms with Crippen molar-refractivity contribution in [2.75, 3.05) is 23.9 Å². The lowest BCUT2D eigenvalue weighted by atomic mass is 9.68. The van der Waals surface area contributed by atoms with E-state index in [0.717, 1.165) is 38.3 Å². The Morgan fingerprint density at radius 3 is 2.42 bits per heavy atom. The Morgan fingerprint density at radius 2 is 1.70 bits per heavy atom. The molecule has 9 nitrogen and oxygen atoms in total. The van der Waals surface area contributed by atoms with Crippen molar-refractivity contribution in [2.45, 2.75) is 35.7 Å². The van der Waals surface area contributed by atoms with Crippen LogP contribution in [0.3, 0.4) is 0 Å². The van der Waals surface area contributed by atoms with E-state index in [0.29, 0.717) is 28.6 Å². The number of anilines is 2. The van der Waals surface area contributed by atoms with Crippen LogP contribution in [0.15, 0.2) is 76.6 Å². The molecule has 2 aliphatic carbocycles. The summed E-state index contributed by atoms with van der Waals surface area (Å²) < 4.78 is 53.5. The summed E-state index contributed by atoms with van der Waals surface area (Å²) in [4.78, 5) is 57.5. The molecule has 2 N–H and O–H groups in total. The van der Waals surface area contributed by atoms with Gasteiger partial charge in [-0.05, 0) is 73.1 Å². The quantitative estimate of drug-likeness (QED) is 0.210. The molecule has 7 atom stereocenters. The first kappa shape index (κ1) is 32.6. The number of imide groups is 1. The number of benzene rings is 3. The van der Waals surface area contributed by atoms with Crippen LogP contribution in [0.4, 0.5) is 24.5 Å². The molecule has 2 bridgehead atoms. The number of hydrogen-bond acceptors (Lipinski definition) is 8. The number of alkyl halides is 3. The Morgan fingerprint density at radius 1 is 0.980 bits per heavy atom. The fraction of sp³-hybridized carbons (Fsp3) is 0.333. The molecule has 1 saturated heterocycles. The average molecular weight is 722 g/mol. The van der Waals surface area contributed by atoms with Gasteiger partial charge in [0.05, 0.1) is 35.2 Å². The van der Waals surface area contributed by atoms with Crippen LogP contribution in [0.5, 0.6) is 11.5 Å². The number of hydrogen-bond donors (Lipinski definition) is 2. The molecule has 3 aromatic carbocycles. The van der Waals surface area contributed by atoms with Gasteiger partial charge in [-0.15, -0.1) is 11.8 Å². The summed E-state index contributed by atoms with van der Waals surface area (Å²) in [7, 11) is 1.48. The lowest BCUT2D eigenvalue weighted by Crippen LogP contribution is -2.42. The van der Waals surface area contributed by atoms with Crippen LogP contribution in [-0.4, -0.2) is 41.7 Å². The van der Waals surface area contributed by atoms with Gasteiger partial charge in [0.2, 0.25) is 11.8 Å². The summed E-state index contributed by atoms with van der Waals surface area (Å²) in [6.07, 6.45) is -4.17. The Balaban J connectivity index is 1.10. The maximum absolute atomic E-state index is 14.0. The van der Waals surface area contributed by atoms with Crippen LogP contribution < -0.4 is 24.6 Å². The van der Waals surface area contributed by atoms with Gasteiger partial charge in [0.1, 0.15) is 0 Å².